The Morgan fingerprint density at radius 2 is 1.68 bits per heavy atom. The van der Waals surface area contributed by atoms with Crippen LogP contribution in [0.3, 0.4) is 0 Å². The van der Waals surface area contributed by atoms with E-state index in [1.807, 2.05) is 36.4 Å². The Morgan fingerprint density at radius 3 is 2.55 bits per heavy atom. The van der Waals surface area contributed by atoms with Crippen molar-refractivity contribution in [3.63, 3.8) is 0 Å². The van der Waals surface area contributed by atoms with Gasteiger partial charge in [0.15, 0.2) is 0 Å². The molecule has 0 fully saturated rings. The smallest absolute Gasteiger partial charge is 0.138 e. The van der Waals surface area contributed by atoms with Crippen LogP contribution < -0.4 is 5.32 Å². The molecule has 4 heteroatoms. The number of aromatic nitrogens is 1. The summed E-state index contributed by atoms with van der Waals surface area (Å²) in [5, 5.41) is 3.31. The van der Waals surface area contributed by atoms with Gasteiger partial charge in [0.25, 0.3) is 0 Å². The Balaban J connectivity index is 1.93. The van der Waals surface area contributed by atoms with E-state index >= 15 is 0 Å². The van der Waals surface area contributed by atoms with Crippen LogP contribution in [0.25, 0.3) is 11.3 Å². The summed E-state index contributed by atoms with van der Waals surface area (Å²) < 4.78 is 13.1. The van der Waals surface area contributed by atoms with Gasteiger partial charge in [0.1, 0.15) is 11.7 Å². The molecular weight excluding hydrogens is 277 g/mol. The number of nitrogens with zero attached hydrogens (tertiary/aromatic N) is 2. The van der Waals surface area contributed by atoms with E-state index in [0.29, 0.717) is 5.84 Å². The zero-order chi connectivity index (χ0) is 14.9. The lowest BCUT2D eigenvalue weighted by Crippen LogP contribution is -2.13. The fourth-order valence-corrected chi connectivity index (χ4v) is 2.51. The predicted octanol–water partition coefficient (Wildman–Crippen LogP) is 4.39. The van der Waals surface area contributed by atoms with Crippen LogP contribution in [0.1, 0.15) is 5.56 Å². The van der Waals surface area contributed by atoms with Crippen LogP contribution >= 0.6 is 0 Å². The third-order valence-corrected chi connectivity index (χ3v) is 3.57. The van der Waals surface area contributed by atoms with E-state index in [1.54, 1.807) is 18.3 Å². The number of hydrogen-bond acceptors (Lipinski definition) is 3. The molecule has 3 nitrogen and oxygen atoms in total. The molecule has 0 unspecified atom stereocenters. The SMILES string of the molecule is Fc1ccc(C2=Nc3ccccc3-c3ncccc3N2)cc1. The van der Waals surface area contributed by atoms with E-state index in [9.17, 15) is 4.39 Å². The number of amidine groups is 1. The van der Waals surface area contributed by atoms with Crippen molar-refractivity contribution >= 4 is 17.2 Å². The molecule has 1 aromatic heterocycles. The van der Waals surface area contributed by atoms with Crippen molar-refractivity contribution in [1.29, 1.82) is 0 Å². The summed E-state index contributed by atoms with van der Waals surface area (Å²) in [5.74, 6) is 0.416. The van der Waals surface area contributed by atoms with Gasteiger partial charge in [-0.1, -0.05) is 18.2 Å². The van der Waals surface area contributed by atoms with Crippen molar-refractivity contribution in [2.75, 3.05) is 5.32 Å². The molecular formula is C18H12FN3. The van der Waals surface area contributed by atoms with Gasteiger partial charge in [0, 0.05) is 17.3 Å². The molecule has 0 aliphatic carbocycles. The second-order valence-electron chi connectivity index (χ2n) is 5.01. The number of aliphatic imine (C=N–C) groups is 1. The van der Waals surface area contributed by atoms with Crippen molar-refractivity contribution in [2.45, 2.75) is 0 Å². The number of benzene rings is 2. The number of para-hydroxylation sites is 1. The van der Waals surface area contributed by atoms with Gasteiger partial charge in [0.2, 0.25) is 0 Å². The third kappa shape index (κ3) is 2.15. The number of rotatable bonds is 1. The number of fused-ring (bicyclic) bond motifs is 3. The molecule has 0 atom stereocenters. The van der Waals surface area contributed by atoms with Crippen molar-refractivity contribution in [1.82, 2.24) is 4.98 Å². The number of pyridine rings is 1. The Labute approximate surface area is 127 Å². The zero-order valence-corrected chi connectivity index (χ0v) is 11.6. The quantitative estimate of drug-likeness (QED) is 0.721. The van der Waals surface area contributed by atoms with Gasteiger partial charge in [-0.05, 0) is 42.5 Å². The lowest BCUT2D eigenvalue weighted by Gasteiger charge is -2.09. The highest BCUT2D eigenvalue weighted by Crippen LogP contribution is 2.36. The van der Waals surface area contributed by atoms with E-state index in [4.69, 9.17) is 4.99 Å². The van der Waals surface area contributed by atoms with Gasteiger partial charge < -0.3 is 5.32 Å². The molecule has 0 saturated heterocycles. The van der Waals surface area contributed by atoms with Gasteiger partial charge in [-0.25, -0.2) is 9.38 Å². The van der Waals surface area contributed by atoms with Gasteiger partial charge in [-0.2, -0.15) is 0 Å². The van der Waals surface area contributed by atoms with Crippen LogP contribution in [0.4, 0.5) is 15.8 Å². The summed E-state index contributed by atoms with van der Waals surface area (Å²) in [5.41, 5.74) is 4.39. The number of anilines is 1. The van der Waals surface area contributed by atoms with Crippen LogP contribution in [-0.4, -0.2) is 10.8 Å². The van der Waals surface area contributed by atoms with Crippen molar-refractivity contribution in [3.05, 3.63) is 78.2 Å². The summed E-state index contributed by atoms with van der Waals surface area (Å²) in [6.45, 7) is 0. The number of nitrogens with one attached hydrogen (secondary N) is 1. The van der Waals surface area contributed by atoms with E-state index in [0.717, 1.165) is 28.2 Å². The normalized spacial score (nSPS) is 12.5. The number of halogens is 1. The topological polar surface area (TPSA) is 37.3 Å². The van der Waals surface area contributed by atoms with Gasteiger partial charge in [-0.3, -0.25) is 4.98 Å². The van der Waals surface area contributed by atoms with E-state index in [2.05, 4.69) is 10.3 Å². The minimum Gasteiger partial charge on any atom is -0.338 e. The molecule has 0 saturated carbocycles. The van der Waals surface area contributed by atoms with Gasteiger partial charge >= 0.3 is 0 Å². The molecule has 3 aromatic rings. The van der Waals surface area contributed by atoms with Crippen LogP contribution in [0, 0.1) is 5.82 Å². The standard InChI is InChI=1S/C18H12FN3/c19-13-9-7-12(8-10-13)18-21-15-5-2-1-4-14(15)17-16(22-18)6-3-11-20-17/h1-11H,(H,21,22). The second kappa shape index (κ2) is 5.07. The van der Waals surface area contributed by atoms with Gasteiger partial charge in [-0.15, -0.1) is 0 Å². The third-order valence-electron chi connectivity index (χ3n) is 3.57. The van der Waals surface area contributed by atoms with Crippen LogP contribution in [-0.2, 0) is 0 Å². The predicted molar refractivity (Wildman–Crippen MR) is 85.9 cm³/mol. The highest BCUT2D eigenvalue weighted by Gasteiger charge is 2.17. The molecule has 4 rings (SSSR count). The molecule has 0 radical (unpaired) electrons. The van der Waals surface area contributed by atoms with Crippen LogP contribution in [0.2, 0.25) is 0 Å². The van der Waals surface area contributed by atoms with Crippen LogP contribution in [0.5, 0.6) is 0 Å². The largest absolute Gasteiger partial charge is 0.338 e. The summed E-state index contributed by atoms with van der Waals surface area (Å²) in [4.78, 5) is 9.16. The first kappa shape index (κ1) is 12.7. The second-order valence-corrected chi connectivity index (χ2v) is 5.01. The highest BCUT2D eigenvalue weighted by atomic mass is 19.1. The van der Waals surface area contributed by atoms with Crippen molar-refractivity contribution in [2.24, 2.45) is 4.99 Å². The molecule has 106 valence electrons. The molecule has 1 aliphatic rings. The van der Waals surface area contributed by atoms with Gasteiger partial charge in [0.05, 0.1) is 17.1 Å². The Hall–Kier alpha value is -3.01. The maximum absolute atomic E-state index is 13.1. The molecule has 1 aliphatic heterocycles. The fourth-order valence-electron chi connectivity index (χ4n) is 2.51. The first-order valence-electron chi connectivity index (χ1n) is 6.97. The summed E-state index contributed by atoms with van der Waals surface area (Å²) in [6.07, 6.45) is 1.76. The summed E-state index contributed by atoms with van der Waals surface area (Å²) in [6, 6.07) is 18.0. The first-order valence-corrected chi connectivity index (χ1v) is 6.97. The zero-order valence-electron chi connectivity index (χ0n) is 11.6. The monoisotopic (exact) mass is 289 g/mol. The first-order chi connectivity index (χ1) is 10.8. The fraction of sp³-hybridized carbons (Fsp3) is 0. The highest BCUT2D eigenvalue weighted by molar-refractivity contribution is 6.12. The average Bonchev–Trinajstić information content (AvgIpc) is 2.72. The molecule has 0 amide bonds. The Bertz CT molecular complexity index is 870. The molecule has 0 spiro atoms. The Kier molecular flexibility index (Phi) is 2.93. The number of hydrogen-bond donors (Lipinski definition) is 1. The summed E-state index contributed by atoms with van der Waals surface area (Å²) >= 11 is 0. The lowest BCUT2D eigenvalue weighted by molar-refractivity contribution is 0.628. The molecule has 2 heterocycles. The van der Waals surface area contributed by atoms with Crippen molar-refractivity contribution < 1.29 is 4.39 Å². The minimum absolute atomic E-state index is 0.263. The van der Waals surface area contributed by atoms with E-state index in [1.165, 1.54) is 12.1 Å². The lowest BCUT2D eigenvalue weighted by atomic mass is 10.1. The van der Waals surface area contributed by atoms with E-state index in [-0.39, 0.29) is 5.82 Å². The maximum atomic E-state index is 13.1. The average molecular weight is 289 g/mol. The minimum atomic E-state index is -0.263. The molecule has 22 heavy (non-hydrogen) atoms. The summed E-state index contributed by atoms with van der Waals surface area (Å²) in [7, 11) is 0. The molecule has 0 bridgehead atoms. The molecule has 1 N–H and O–H groups in total. The van der Waals surface area contributed by atoms with Crippen molar-refractivity contribution in [3.8, 4) is 11.3 Å². The Morgan fingerprint density at radius 1 is 0.864 bits per heavy atom. The maximum Gasteiger partial charge on any atom is 0.138 e. The molecule has 2 aromatic carbocycles. The van der Waals surface area contributed by atoms with Crippen LogP contribution in [0.15, 0.2) is 71.9 Å². The van der Waals surface area contributed by atoms with E-state index < -0.39 is 0 Å².